The predicted octanol–water partition coefficient (Wildman–Crippen LogP) is 3.25. The molecule has 102 valence electrons. The van der Waals surface area contributed by atoms with Crippen LogP contribution < -0.4 is 4.90 Å². The minimum atomic E-state index is -0.972. The number of carbonyl (C=O) groups is 1. The Kier molecular flexibility index (Phi) is 3.15. The highest BCUT2D eigenvalue weighted by Crippen LogP contribution is 2.30. The molecule has 0 unspecified atom stereocenters. The van der Waals surface area contributed by atoms with Gasteiger partial charge in [-0.25, -0.2) is 9.78 Å². The Morgan fingerprint density at radius 3 is 2.80 bits per heavy atom. The van der Waals surface area contributed by atoms with Gasteiger partial charge in [-0.2, -0.15) is 0 Å². The summed E-state index contributed by atoms with van der Waals surface area (Å²) in [5, 5.41) is 11.3. The van der Waals surface area contributed by atoms with Crippen LogP contribution >= 0.6 is 11.3 Å². The number of nitrogens with zero attached hydrogens (tertiary/aromatic N) is 3. The van der Waals surface area contributed by atoms with Crippen molar-refractivity contribution < 1.29 is 9.90 Å². The molecule has 0 spiro atoms. The summed E-state index contributed by atoms with van der Waals surface area (Å²) < 4.78 is 1.62. The summed E-state index contributed by atoms with van der Waals surface area (Å²) in [5.74, 6) is -0.488. The van der Waals surface area contributed by atoms with E-state index in [4.69, 9.17) is 0 Å². The molecule has 2 heterocycles. The molecule has 0 fully saturated rings. The molecule has 0 bridgehead atoms. The maximum atomic E-state index is 11.6. The van der Waals surface area contributed by atoms with Gasteiger partial charge in [-0.1, -0.05) is 18.2 Å². The molecule has 3 rings (SSSR count). The number of thiazole rings is 1. The second-order valence-electron chi connectivity index (χ2n) is 4.22. The van der Waals surface area contributed by atoms with Gasteiger partial charge in [0.2, 0.25) is 0 Å². The van der Waals surface area contributed by atoms with Crippen LogP contribution in [0.15, 0.2) is 41.9 Å². The van der Waals surface area contributed by atoms with E-state index in [0.717, 1.165) is 5.69 Å². The summed E-state index contributed by atoms with van der Waals surface area (Å²) >= 11 is 1.42. The second kappa shape index (κ2) is 4.97. The van der Waals surface area contributed by atoms with Gasteiger partial charge in [-0.3, -0.25) is 4.40 Å². The lowest BCUT2D eigenvalue weighted by Crippen LogP contribution is -2.19. The standard InChI is InChI=1S/C14H13N3O2S/c1-2-16(10-6-4-3-5-7-10)12-11(13(18)19)17-8-9-20-14(17)15-12/h3-9H,2H2,1H3,(H,18,19). The zero-order chi connectivity index (χ0) is 14.1. The first kappa shape index (κ1) is 12.7. The van der Waals surface area contributed by atoms with Crippen molar-refractivity contribution in [1.82, 2.24) is 9.38 Å². The van der Waals surface area contributed by atoms with Gasteiger partial charge in [0.05, 0.1) is 0 Å². The molecule has 0 saturated carbocycles. The highest BCUT2D eigenvalue weighted by atomic mass is 32.1. The quantitative estimate of drug-likeness (QED) is 0.800. The number of carboxylic acid groups (broad SMARTS) is 1. The number of aromatic nitrogens is 2. The molecule has 1 N–H and O–H groups in total. The van der Waals surface area contributed by atoms with Crippen LogP contribution in [-0.2, 0) is 0 Å². The second-order valence-corrected chi connectivity index (χ2v) is 5.10. The number of hydrogen-bond acceptors (Lipinski definition) is 4. The van der Waals surface area contributed by atoms with Crippen molar-refractivity contribution in [1.29, 1.82) is 0 Å². The van der Waals surface area contributed by atoms with E-state index in [1.165, 1.54) is 11.3 Å². The van der Waals surface area contributed by atoms with Gasteiger partial charge in [0.1, 0.15) is 0 Å². The molecule has 0 amide bonds. The molecule has 20 heavy (non-hydrogen) atoms. The lowest BCUT2D eigenvalue weighted by atomic mass is 10.2. The van der Waals surface area contributed by atoms with Crippen LogP contribution in [0.2, 0.25) is 0 Å². The molecule has 0 radical (unpaired) electrons. The summed E-state index contributed by atoms with van der Waals surface area (Å²) in [4.78, 5) is 18.6. The first-order chi connectivity index (χ1) is 9.72. The number of aromatic carboxylic acids is 1. The van der Waals surface area contributed by atoms with Gasteiger partial charge >= 0.3 is 5.97 Å². The van der Waals surface area contributed by atoms with E-state index in [1.807, 2.05) is 47.5 Å². The van der Waals surface area contributed by atoms with Crippen molar-refractivity contribution in [3.8, 4) is 0 Å². The molecule has 3 aromatic rings. The molecule has 0 aliphatic carbocycles. The Morgan fingerprint density at radius 2 is 2.15 bits per heavy atom. The molecule has 0 saturated heterocycles. The lowest BCUT2D eigenvalue weighted by molar-refractivity contribution is 0.0690. The summed E-state index contributed by atoms with van der Waals surface area (Å²) in [6.45, 7) is 2.63. The van der Waals surface area contributed by atoms with E-state index in [1.54, 1.807) is 10.6 Å². The molecule has 1 aromatic carbocycles. The number of anilines is 2. The molecule has 6 heteroatoms. The Morgan fingerprint density at radius 1 is 1.40 bits per heavy atom. The number of imidazole rings is 1. The van der Waals surface area contributed by atoms with Crippen molar-refractivity contribution in [2.75, 3.05) is 11.4 Å². The maximum absolute atomic E-state index is 11.6. The fraction of sp³-hybridized carbons (Fsp3) is 0.143. The highest BCUT2D eigenvalue weighted by Gasteiger charge is 2.24. The highest BCUT2D eigenvalue weighted by molar-refractivity contribution is 7.15. The van der Waals surface area contributed by atoms with E-state index in [2.05, 4.69) is 4.98 Å². The van der Waals surface area contributed by atoms with Crippen LogP contribution in [0.5, 0.6) is 0 Å². The number of carboxylic acids is 1. The van der Waals surface area contributed by atoms with Gasteiger partial charge in [0, 0.05) is 23.8 Å². The number of benzene rings is 1. The van der Waals surface area contributed by atoms with Crippen LogP contribution in [0.4, 0.5) is 11.5 Å². The normalized spacial score (nSPS) is 10.8. The third-order valence-electron chi connectivity index (χ3n) is 3.09. The topological polar surface area (TPSA) is 57.8 Å². The average molecular weight is 287 g/mol. The Labute approximate surface area is 119 Å². The van der Waals surface area contributed by atoms with Crippen LogP contribution in [0.3, 0.4) is 0 Å². The van der Waals surface area contributed by atoms with Crippen molar-refractivity contribution in [2.24, 2.45) is 0 Å². The first-order valence-electron chi connectivity index (χ1n) is 6.23. The summed E-state index contributed by atoms with van der Waals surface area (Å²) in [6.07, 6.45) is 1.73. The van der Waals surface area contributed by atoms with Gasteiger partial charge in [0.25, 0.3) is 0 Å². The van der Waals surface area contributed by atoms with Gasteiger partial charge in [0.15, 0.2) is 16.5 Å². The Hall–Kier alpha value is -2.34. The predicted molar refractivity (Wildman–Crippen MR) is 79.2 cm³/mol. The van der Waals surface area contributed by atoms with E-state index < -0.39 is 5.97 Å². The van der Waals surface area contributed by atoms with Gasteiger partial charge in [-0.15, -0.1) is 11.3 Å². The SMILES string of the molecule is CCN(c1ccccc1)c1nc2sccn2c1C(=O)O. The van der Waals surface area contributed by atoms with Crippen LogP contribution in [0.25, 0.3) is 4.96 Å². The fourth-order valence-electron chi connectivity index (χ4n) is 2.22. The summed E-state index contributed by atoms with van der Waals surface area (Å²) in [5.41, 5.74) is 1.13. The van der Waals surface area contributed by atoms with E-state index >= 15 is 0 Å². The van der Waals surface area contributed by atoms with Crippen molar-refractivity contribution in [3.63, 3.8) is 0 Å². The van der Waals surface area contributed by atoms with Crippen LogP contribution in [-0.4, -0.2) is 27.0 Å². The monoisotopic (exact) mass is 287 g/mol. The Balaban J connectivity index is 2.19. The molecule has 0 atom stereocenters. The van der Waals surface area contributed by atoms with Crippen LogP contribution in [0, 0.1) is 0 Å². The molecule has 5 nitrogen and oxygen atoms in total. The van der Waals surface area contributed by atoms with Crippen molar-refractivity contribution in [3.05, 3.63) is 47.6 Å². The fourth-order valence-corrected chi connectivity index (χ4v) is 2.93. The maximum Gasteiger partial charge on any atom is 0.356 e. The zero-order valence-electron chi connectivity index (χ0n) is 10.9. The van der Waals surface area contributed by atoms with Gasteiger partial charge < -0.3 is 10.0 Å². The molecular formula is C14H13N3O2S. The third-order valence-corrected chi connectivity index (χ3v) is 3.84. The largest absolute Gasteiger partial charge is 0.476 e. The van der Waals surface area contributed by atoms with Crippen molar-refractivity contribution in [2.45, 2.75) is 6.92 Å². The third kappa shape index (κ3) is 1.94. The molecule has 0 aliphatic heterocycles. The lowest BCUT2D eigenvalue weighted by Gasteiger charge is -2.21. The first-order valence-corrected chi connectivity index (χ1v) is 7.11. The van der Waals surface area contributed by atoms with E-state index in [9.17, 15) is 9.90 Å². The van der Waals surface area contributed by atoms with Gasteiger partial charge in [-0.05, 0) is 19.1 Å². The molecular weight excluding hydrogens is 274 g/mol. The minimum Gasteiger partial charge on any atom is -0.476 e. The summed E-state index contributed by atoms with van der Waals surface area (Å²) in [7, 11) is 0. The zero-order valence-corrected chi connectivity index (χ0v) is 11.7. The Bertz CT molecular complexity index is 748. The van der Waals surface area contributed by atoms with Crippen LogP contribution in [0.1, 0.15) is 17.4 Å². The van der Waals surface area contributed by atoms with E-state index in [0.29, 0.717) is 17.3 Å². The van der Waals surface area contributed by atoms with E-state index in [-0.39, 0.29) is 5.69 Å². The average Bonchev–Trinajstić information content (AvgIpc) is 3.01. The summed E-state index contributed by atoms with van der Waals surface area (Å²) in [6, 6.07) is 9.68. The number of rotatable bonds is 4. The minimum absolute atomic E-state index is 0.201. The molecule has 2 aromatic heterocycles. The number of hydrogen-bond donors (Lipinski definition) is 1. The number of para-hydroxylation sites is 1. The number of fused-ring (bicyclic) bond motifs is 1. The molecule has 0 aliphatic rings. The smallest absolute Gasteiger partial charge is 0.356 e. The van der Waals surface area contributed by atoms with Crippen molar-refractivity contribution >= 4 is 33.8 Å².